The highest BCUT2D eigenvalue weighted by Crippen LogP contribution is 2.31. The second-order valence-corrected chi connectivity index (χ2v) is 7.71. The molecule has 2 heterocycles. The van der Waals surface area contributed by atoms with Crippen molar-refractivity contribution < 1.29 is 4.79 Å². The number of amides is 1. The van der Waals surface area contributed by atoms with Gasteiger partial charge in [0, 0.05) is 22.8 Å². The highest BCUT2D eigenvalue weighted by molar-refractivity contribution is 9.09. The van der Waals surface area contributed by atoms with E-state index in [4.69, 9.17) is 0 Å². The molecule has 1 aliphatic heterocycles. The first-order valence-electron chi connectivity index (χ1n) is 7.78. The van der Waals surface area contributed by atoms with E-state index >= 15 is 0 Å². The molecule has 1 atom stereocenters. The Morgan fingerprint density at radius 3 is 2.95 bits per heavy atom. The quantitative estimate of drug-likeness (QED) is 0.568. The molecule has 1 aromatic heterocycles. The molecule has 1 saturated heterocycles. The van der Waals surface area contributed by atoms with E-state index in [1.807, 2.05) is 0 Å². The average molecular weight is 356 g/mol. The van der Waals surface area contributed by atoms with Gasteiger partial charge in [-0.2, -0.15) is 0 Å². The number of halogens is 1. The van der Waals surface area contributed by atoms with Crippen LogP contribution in [0.15, 0.2) is 6.07 Å². The van der Waals surface area contributed by atoms with Gasteiger partial charge in [0.25, 0.3) is 5.91 Å². The molecule has 1 amide bonds. The third-order valence-electron chi connectivity index (χ3n) is 4.52. The Hall–Kier alpha value is -0.350. The van der Waals surface area contributed by atoms with E-state index in [9.17, 15) is 4.79 Å². The van der Waals surface area contributed by atoms with Gasteiger partial charge in [0.2, 0.25) is 0 Å². The van der Waals surface area contributed by atoms with E-state index < -0.39 is 0 Å². The molecule has 2 aliphatic rings. The zero-order valence-electron chi connectivity index (χ0n) is 11.9. The van der Waals surface area contributed by atoms with Gasteiger partial charge in [-0.15, -0.1) is 11.3 Å². The number of alkyl halides is 1. The first-order valence-corrected chi connectivity index (χ1v) is 9.72. The summed E-state index contributed by atoms with van der Waals surface area (Å²) in [5, 5.41) is 0.907. The molecular formula is C16H22BrNOS. The predicted octanol–water partition coefficient (Wildman–Crippen LogP) is 4.41. The fourth-order valence-corrected chi connectivity index (χ4v) is 5.23. The lowest BCUT2D eigenvalue weighted by molar-refractivity contribution is 0.0647. The molecule has 110 valence electrons. The van der Waals surface area contributed by atoms with E-state index in [2.05, 4.69) is 26.9 Å². The molecule has 0 N–H and O–H groups in total. The molecule has 0 bridgehead atoms. The molecule has 0 spiro atoms. The molecule has 1 fully saturated rings. The summed E-state index contributed by atoms with van der Waals surface area (Å²) in [4.78, 5) is 17.3. The number of carbonyl (C=O) groups is 1. The molecule has 20 heavy (non-hydrogen) atoms. The van der Waals surface area contributed by atoms with Gasteiger partial charge in [-0.25, -0.2) is 0 Å². The van der Waals surface area contributed by atoms with Crippen molar-refractivity contribution in [1.82, 2.24) is 4.90 Å². The Kier molecular flexibility index (Phi) is 4.82. The summed E-state index contributed by atoms with van der Waals surface area (Å²) in [7, 11) is 0. The third kappa shape index (κ3) is 2.96. The smallest absolute Gasteiger partial charge is 0.264 e. The van der Waals surface area contributed by atoms with Crippen molar-refractivity contribution in [2.24, 2.45) is 0 Å². The zero-order valence-corrected chi connectivity index (χ0v) is 14.3. The van der Waals surface area contributed by atoms with Crippen LogP contribution in [0.4, 0.5) is 0 Å². The van der Waals surface area contributed by atoms with Crippen molar-refractivity contribution in [3.8, 4) is 0 Å². The second kappa shape index (κ2) is 6.61. The summed E-state index contributed by atoms with van der Waals surface area (Å²) in [5.74, 6) is 0.271. The van der Waals surface area contributed by atoms with Crippen LogP contribution in [0.1, 0.15) is 58.6 Å². The molecule has 1 aromatic rings. The van der Waals surface area contributed by atoms with Crippen LogP contribution in [-0.4, -0.2) is 28.7 Å². The first-order chi connectivity index (χ1) is 9.79. The summed E-state index contributed by atoms with van der Waals surface area (Å²) < 4.78 is 0. The number of aryl methyl sites for hydroxylation is 2. The van der Waals surface area contributed by atoms with E-state index in [1.165, 1.54) is 49.0 Å². The number of fused-ring (bicyclic) bond motifs is 1. The summed E-state index contributed by atoms with van der Waals surface area (Å²) in [5.41, 5.74) is 1.45. The third-order valence-corrected chi connectivity index (χ3v) is 6.50. The Bertz CT molecular complexity index is 461. The Morgan fingerprint density at radius 1 is 1.25 bits per heavy atom. The molecular weight excluding hydrogens is 334 g/mol. The summed E-state index contributed by atoms with van der Waals surface area (Å²) in [6, 6.07) is 2.58. The lowest BCUT2D eigenvalue weighted by atomic mass is 10.0. The number of hydrogen-bond acceptors (Lipinski definition) is 2. The number of hydrogen-bond donors (Lipinski definition) is 0. The molecule has 4 heteroatoms. The van der Waals surface area contributed by atoms with Crippen LogP contribution < -0.4 is 0 Å². The standard InChI is InChI=1S/C16H22BrNOS/c17-11-13-7-4-5-9-18(13)16(19)15-10-12-6-2-1-3-8-14(12)20-15/h10,13H,1-9,11H2. The fourth-order valence-electron chi connectivity index (χ4n) is 3.34. The highest BCUT2D eigenvalue weighted by atomic mass is 79.9. The van der Waals surface area contributed by atoms with Crippen molar-refractivity contribution in [1.29, 1.82) is 0 Å². The van der Waals surface area contributed by atoms with Gasteiger partial charge in [0.1, 0.15) is 0 Å². The van der Waals surface area contributed by atoms with Crippen molar-refractivity contribution in [3.63, 3.8) is 0 Å². The van der Waals surface area contributed by atoms with Crippen molar-refractivity contribution in [3.05, 3.63) is 21.4 Å². The molecule has 1 aliphatic carbocycles. The minimum Gasteiger partial charge on any atom is -0.334 e. The van der Waals surface area contributed by atoms with Crippen LogP contribution in [0.5, 0.6) is 0 Å². The summed E-state index contributed by atoms with van der Waals surface area (Å²) >= 11 is 5.33. The molecule has 0 radical (unpaired) electrons. The van der Waals surface area contributed by atoms with Gasteiger partial charge >= 0.3 is 0 Å². The predicted molar refractivity (Wildman–Crippen MR) is 88.0 cm³/mol. The van der Waals surface area contributed by atoms with Crippen molar-refractivity contribution in [2.45, 2.75) is 57.4 Å². The molecule has 2 nitrogen and oxygen atoms in total. The Labute approximate surface area is 133 Å². The van der Waals surface area contributed by atoms with E-state index in [0.29, 0.717) is 6.04 Å². The number of rotatable bonds is 2. The normalized spacial score (nSPS) is 23.2. The Balaban J connectivity index is 1.79. The zero-order chi connectivity index (χ0) is 13.9. The maximum atomic E-state index is 12.8. The van der Waals surface area contributed by atoms with Crippen LogP contribution in [0.25, 0.3) is 0 Å². The lowest BCUT2D eigenvalue weighted by Crippen LogP contribution is -2.44. The van der Waals surface area contributed by atoms with Gasteiger partial charge in [-0.1, -0.05) is 22.4 Å². The summed E-state index contributed by atoms with van der Waals surface area (Å²) in [6.07, 6.45) is 9.79. The van der Waals surface area contributed by atoms with Crippen molar-refractivity contribution in [2.75, 3.05) is 11.9 Å². The van der Waals surface area contributed by atoms with Crippen LogP contribution >= 0.6 is 27.3 Å². The molecule has 0 saturated carbocycles. The SMILES string of the molecule is O=C(c1cc2c(s1)CCCCC2)N1CCCCC1CBr. The van der Waals surface area contributed by atoms with E-state index in [1.54, 1.807) is 11.3 Å². The fraction of sp³-hybridized carbons (Fsp3) is 0.688. The van der Waals surface area contributed by atoms with Crippen LogP contribution in [0, 0.1) is 0 Å². The average Bonchev–Trinajstić information content (AvgIpc) is 2.77. The minimum atomic E-state index is 0.271. The molecule has 0 aromatic carbocycles. The first kappa shape index (κ1) is 14.6. The van der Waals surface area contributed by atoms with Gasteiger partial charge < -0.3 is 4.90 Å². The topological polar surface area (TPSA) is 20.3 Å². The number of thiophene rings is 1. The van der Waals surface area contributed by atoms with Gasteiger partial charge in [0.05, 0.1) is 4.88 Å². The number of piperidine rings is 1. The number of nitrogens with zero attached hydrogens (tertiary/aromatic N) is 1. The molecule has 3 rings (SSSR count). The van der Waals surface area contributed by atoms with Gasteiger partial charge in [-0.05, 0) is 56.6 Å². The van der Waals surface area contributed by atoms with Crippen LogP contribution in [0.3, 0.4) is 0 Å². The monoisotopic (exact) mass is 355 g/mol. The maximum absolute atomic E-state index is 12.8. The minimum absolute atomic E-state index is 0.271. The second-order valence-electron chi connectivity index (χ2n) is 5.92. The van der Waals surface area contributed by atoms with E-state index in [0.717, 1.165) is 29.6 Å². The highest BCUT2D eigenvalue weighted by Gasteiger charge is 2.28. The largest absolute Gasteiger partial charge is 0.334 e. The van der Waals surface area contributed by atoms with Gasteiger partial charge in [-0.3, -0.25) is 4.79 Å². The number of likely N-dealkylation sites (tertiary alicyclic amines) is 1. The lowest BCUT2D eigenvalue weighted by Gasteiger charge is -2.34. The number of carbonyl (C=O) groups excluding carboxylic acids is 1. The molecule has 1 unspecified atom stereocenters. The van der Waals surface area contributed by atoms with Crippen LogP contribution in [-0.2, 0) is 12.8 Å². The van der Waals surface area contributed by atoms with Gasteiger partial charge in [0.15, 0.2) is 0 Å². The Morgan fingerprint density at radius 2 is 2.10 bits per heavy atom. The maximum Gasteiger partial charge on any atom is 0.264 e. The summed E-state index contributed by atoms with van der Waals surface area (Å²) in [6.45, 7) is 0.928. The van der Waals surface area contributed by atoms with Crippen molar-refractivity contribution >= 4 is 33.2 Å². The van der Waals surface area contributed by atoms with Crippen LogP contribution in [0.2, 0.25) is 0 Å². The van der Waals surface area contributed by atoms with E-state index in [-0.39, 0.29) is 5.91 Å².